The van der Waals surface area contributed by atoms with E-state index in [-0.39, 0.29) is 5.56 Å². The van der Waals surface area contributed by atoms with Gasteiger partial charge >= 0.3 is 0 Å². The maximum atomic E-state index is 13.9. The minimum atomic E-state index is -1.28. The van der Waals surface area contributed by atoms with Crippen LogP contribution in [0.15, 0.2) is 18.2 Å². The van der Waals surface area contributed by atoms with Gasteiger partial charge in [-0.05, 0) is 37.7 Å². The van der Waals surface area contributed by atoms with Crippen LogP contribution in [-0.2, 0) is 0 Å². The number of aliphatic hydroxyl groups excluding tert-OH is 1. The summed E-state index contributed by atoms with van der Waals surface area (Å²) in [4.78, 5) is 0. The summed E-state index contributed by atoms with van der Waals surface area (Å²) in [6.07, 6.45) is 3.72. The van der Waals surface area contributed by atoms with Crippen LogP contribution >= 0.6 is 0 Å². The van der Waals surface area contributed by atoms with Crippen molar-refractivity contribution in [3.05, 3.63) is 35.4 Å². The van der Waals surface area contributed by atoms with Gasteiger partial charge in [0.15, 0.2) is 11.6 Å². The van der Waals surface area contributed by atoms with E-state index in [2.05, 4.69) is 13.0 Å². The van der Waals surface area contributed by atoms with Crippen molar-refractivity contribution in [3.63, 3.8) is 0 Å². The minimum absolute atomic E-state index is 0.106. The Morgan fingerprint density at radius 1 is 1.38 bits per heavy atom. The molecule has 1 N–H and O–H groups in total. The van der Waals surface area contributed by atoms with Crippen molar-refractivity contribution in [2.24, 2.45) is 11.3 Å². The third-order valence-corrected chi connectivity index (χ3v) is 4.72. The van der Waals surface area contributed by atoms with Crippen molar-refractivity contribution in [3.8, 4) is 6.07 Å². The fourth-order valence-corrected chi connectivity index (χ4v) is 3.37. The molecule has 1 saturated carbocycles. The number of halogens is 2. The van der Waals surface area contributed by atoms with E-state index in [0.29, 0.717) is 18.8 Å². The van der Waals surface area contributed by atoms with Gasteiger partial charge in [0.05, 0.1) is 11.5 Å². The van der Waals surface area contributed by atoms with Crippen LogP contribution in [0.3, 0.4) is 0 Å². The van der Waals surface area contributed by atoms with Gasteiger partial charge < -0.3 is 5.11 Å². The van der Waals surface area contributed by atoms with Gasteiger partial charge in [0.1, 0.15) is 6.10 Å². The summed E-state index contributed by atoms with van der Waals surface area (Å²) in [5, 5.41) is 20.0. The van der Waals surface area contributed by atoms with Gasteiger partial charge in [-0.2, -0.15) is 5.26 Å². The van der Waals surface area contributed by atoms with Crippen molar-refractivity contribution in [1.82, 2.24) is 0 Å². The lowest BCUT2D eigenvalue weighted by molar-refractivity contribution is 0.0209. The predicted octanol–water partition coefficient (Wildman–Crippen LogP) is 4.50. The van der Waals surface area contributed by atoms with Crippen molar-refractivity contribution in [1.29, 1.82) is 5.26 Å². The molecule has 1 aliphatic carbocycles. The number of aliphatic hydroxyl groups is 1. The molecule has 0 spiro atoms. The molecular formula is C17H21F2NO. The zero-order chi connectivity index (χ0) is 15.5. The molecule has 0 amide bonds. The second kappa shape index (κ2) is 6.53. The topological polar surface area (TPSA) is 44.0 Å². The van der Waals surface area contributed by atoms with E-state index in [1.165, 1.54) is 12.1 Å². The molecule has 0 aliphatic heterocycles. The van der Waals surface area contributed by atoms with Crippen molar-refractivity contribution in [2.75, 3.05) is 0 Å². The Morgan fingerprint density at radius 2 is 2.05 bits per heavy atom. The molecule has 0 radical (unpaired) electrons. The normalized spacial score (nSPS) is 27.1. The van der Waals surface area contributed by atoms with Crippen LogP contribution in [0.5, 0.6) is 0 Å². The minimum Gasteiger partial charge on any atom is -0.387 e. The van der Waals surface area contributed by atoms with Gasteiger partial charge in [0, 0.05) is 5.56 Å². The van der Waals surface area contributed by atoms with Gasteiger partial charge in [-0.1, -0.05) is 31.9 Å². The quantitative estimate of drug-likeness (QED) is 0.888. The summed E-state index contributed by atoms with van der Waals surface area (Å²) >= 11 is 0. The lowest BCUT2D eigenvalue weighted by Gasteiger charge is -2.38. The maximum Gasteiger partial charge on any atom is 0.164 e. The average Bonchev–Trinajstić information content (AvgIpc) is 2.51. The van der Waals surface area contributed by atoms with Gasteiger partial charge in [0.2, 0.25) is 0 Å². The van der Waals surface area contributed by atoms with E-state index in [4.69, 9.17) is 0 Å². The molecule has 21 heavy (non-hydrogen) atoms. The summed E-state index contributed by atoms with van der Waals surface area (Å²) in [5.74, 6) is -1.46. The first-order valence-corrected chi connectivity index (χ1v) is 7.57. The van der Waals surface area contributed by atoms with E-state index < -0.39 is 23.2 Å². The molecule has 114 valence electrons. The first kappa shape index (κ1) is 15.9. The molecule has 1 aromatic carbocycles. The summed E-state index contributed by atoms with van der Waals surface area (Å²) < 4.78 is 27.2. The molecular weight excluding hydrogens is 272 g/mol. The SMILES string of the molecule is CCCC1CCC(C#N)(C(O)c2cccc(F)c2F)CC1. The second-order valence-electron chi connectivity index (χ2n) is 6.05. The van der Waals surface area contributed by atoms with E-state index in [9.17, 15) is 19.1 Å². The summed E-state index contributed by atoms with van der Waals surface area (Å²) in [6, 6.07) is 5.93. The van der Waals surface area contributed by atoms with Gasteiger partial charge in [-0.15, -0.1) is 0 Å². The lowest BCUT2D eigenvalue weighted by atomic mass is 9.66. The molecule has 0 heterocycles. The molecule has 0 aromatic heterocycles. The molecule has 1 fully saturated rings. The Balaban J connectivity index is 2.22. The van der Waals surface area contributed by atoms with Crippen molar-refractivity contribution >= 4 is 0 Å². The Morgan fingerprint density at radius 3 is 2.62 bits per heavy atom. The first-order valence-electron chi connectivity index (χ1n) is 7.57. The van der Waals surface area contributed by atoms with Crippen LogP contribution in [0.1, 0.15) is 57.1 Å². The maximum absolute atomic E-state index is 13.9. The second-order valence-corrected chi connectivity index (χ2v) is 6.05. The smallest absolute Gasteiger partial charge is 0.164 e. The zero-order valence-corrected chi connectivity index (χ0v) is 12.3. The number of nitriles is 1. The summed E-state index contributed by atoms with van der Waals surface area (Å²) in [6.45, 7) is 2.13. The van der Waals surface area contributed by atoms with Crippen molar-refractivity contribution in [2.45, 2.75) is 51.6 Å². The Kier molecular flexibility index (Phi) is 4.95. The molecule has 1 atom stereocenters. The van der Waals surface area contributed by atoms with Gasteiger partial charge in [-0.3, -0.25) is 0 Å². The van der Waals surface area contributed by atoms with E-state index in [1.807, 2.05) is 0 Å². The number of hydrogen-bond donors (Lipinski definition) is 1. The standard InChI is InChI=1S/C17H21F2NO/c1-2-4-12-7-9-17(11-20,10-8-12)16(21)13-5-3-6-14(18)15(13)19/h3,5-6,12,16,21H,2,4,7-10H2,1H3. The van der Waals surface area contributed by atoms with E-state index in [1.54, 1.807) is 0 Å². The molecule has 1 aromatic rings. The van der Waals surface area contributed by atoms with Crippen LogP contribution in [-0.4, -0.2) is 5.11 Å². The number of rotatable bonds is 4. The van der Waals surface area contributed by atoms with Crippen LogP contribution in [0, 0.1) is 34.3 Å². The monoisotopic (exact) mass is 293 g/mol. The predicted molar refractivity (Wildman–Crippen MR) is 76.2 cm³/mol. The summed E-state index contributed by atoms with van der Waals surface area (Å²) in [7, 11) is 0. The Bertz CT molecular complexity index is 530. The highest BCUT2D eigenvalue weighted by Gasteiger charge is 2.43. The molecule has 4 heteroatoms. The van der Waals surface area contributed by atoms with Crippen LogP contribution in [0.4, 0.5) is 8.78 Å². The molecule has 1 aliphatic rings. The number of benzene rings is 1. The fraction of sp³-hybridized carbons (Fsp3) is 0.588. The van der Waals surface area contributed by atoms with Crippen molar-refractivity contribution < 1.29 is 13.9 Å². The van der Waals surface area contributed by atoms with Crippen LogP contribution in [0.2, 0.25) is 0 Å². The van der Waals surface area contributed by atoms with Gasteiger partial charge in [0.25, 0.3) is 0 Å². The number of nitrogens with zero attached hydrogens (tertiary/aromatic N) is 1. The van der Waals surface area contributed by atoms with Crippen LogP contribution in [0.25, 0.3) is 0 Å². The average molecular weight is 293 g/mol. The molecule has 1 unspecified atom stereocenters. The zero-order valence-electron chi connectivity index (χ0n) is 12.3. The molecule has 2 rings (SSSR count). The Labute approximate surface area is 124 Å². The van der Waals surface area contributed by atoms with Gasteiger partial charge in [-0.25, -0.2) is 8.78 Å². The molecule has 0 saturated heterocycles. The highest BCUT2D eigenvalue weighted by molar-refractivity contribution is 5.26. The highest BCUT2D eigenvalue weighted by Crippen LogP contribution is 2.48. The Hall–Kier alpha value is -1.47. The first-order chi connectivity index (χ1) is 10.0. The number of hydrogen-bond acceptors (Lipinski definition) is 2. The molecule has 0 bridgehead atoms. The van der Waals surface area contributed by atoms with Crippen LogP contribution < -0.4 is 0 Å². The fourth-order valence-electron chi connectivity index (χ4n) is 3.37. The summed E-state index contributed by atoms with van der Waals surface area (Å²) in [5.41, 5.74) is -1.11. The van der Waals surface area contributed by atoms with E-state index in [0.717, 1.165) is 31.7 Å². The third-order valence-electron chi connectivity index (χ3n) is 4.72. The molecule has 2 nitrogen and oxygen atoms in total. The lowest BCUT2D eigenvalue weighted by Crippen LogP contribution is -2.33. The highest BCUT2D eigenvalue weighted by atomic mass is 19.2. The largest absolute Gasteiger partial charge is 0.387 e. The van der Waals surface area contributed by atoms with E-state index >= 15 is 0 Å². The third kappa shape index (κ3) is 3.08.